The van der Waals surface area contributed by atoms with Crippen LogP contribution in [0.1, 0.15) is 11.1 Å². The molecule has 2 atom stereocenters. The summed E-state index contributed by atoms with van der Waals surface area (Å²) in [4.78, 5) is 0. The molecule has 0 aromatic heterocycles. The minimum absolute atomic E-state index is 0.461. The first-order chi connectivity index (χ1) is 8.76. The zero-order chi connectivity index (χ0) is 12.6. The quantitative estimate of drug-likeness (QED) is 0.815. The van der Waals surface area contributed by atoms with E-state index in [1.807, 2.05) is 54.6 Å². The van der Waals surface area contributed by atoms with E-state index in [1.165, 1.54) is 0 Å². The smallest absolute Gasteiger partial charge is 0.158 e. The number of hydrogen-bond donors (Lipinski definition) is 1. The Labute approximate surface area is 106 Å². The van der Waals surface area contributed by atoms with E-state index in [1.54, 1.807) is 6.08 Å². The molecule has 0 amide bonds. The fourth-order valence-corrected chi connectivity index (χ4v) is 2.49. The molecule has 90 valence electrons. The minimum Gasteiger partial charge on any atom is -0.482 e. The molecule has 0 saturated carbocycles. The van der Waals surface area contributed by atoms with Crippen molar-refractivity contribution in [2.45, 2.75) is 11.7 Å². The first kappa shape index (κ1) is 11.1. The van der Waals surface area contributed by atoms with E-state index in [-0.39, 0.29) is 0 Å². The van der Waals surface area contributed by atoms with Crippen LogP contribution in [0.2, 0.25) is 0 Å². The molecule has 3 rings (SSSR count). The first-order valence-corrected chi connectivity index (χ1v) is 5.93. The van der Waals surface area contributed by atoms with Gasteiger partial charge in [-0.05, 0) is 17.7 Å². The molecule has 2 aromatic carbocycles. The second-order valence-corrected chi connectivity index (χ2v) is 4.40. The van der Waals surface area contributed by atoms with Crippen LogP contribution in [0.5, 0.6) is 5.75 Å². The van der Waals surface area contributed by atoms with Gasteiger partial charge in [0.05, 0.1) is 0 Å². The lowest BCUT2D eigenvalue weighted by molar-refractivity contribution is 0.0185. The van der Waals surface area contributed by atoms with E-state index >= 15 is 0 Å². The summed E-state index contributed by atoms with van der Waals surface area (Å²) in [5.74, 6) is 0.716. The molecule has 18 heavy (non-hydrogen) atoms. The van der Waals surface area contributed by atoms with E-state index in [0.717, 1.165) is 11.1 Å². The van der Waals surface area contributed by atoms with Crippen LogP contribution >= 0.6 is 0 Å². The molecule has 0 spiro atoms. The van der Waals surface area contributed by atoms with Crippen molar-refractivity contribution in [1.82, 2.24) is 0 Å². The van der Waals surface area contributed by atoms with Gasteiger partial charge in [0.2, 0.25) is 0 Å². The first-order valence-electron chi connectivity index (χ1n) is 5.93. The maximum atomic E-state index is 11.1. The molecule has 0 aliphatic carbocycles. The third-order valence-corrected chi connectivity index (χ3v) is 3.39. The third kappa shape index (κ3) is 1.39. The normalized spacial score (nSPS) is 25.3. The Bertz CT molecular complexity index is 577. The van der Waals surface area contributed by atoms with Crippen LogP contribution in [0.15, 0.2) is 67.3 Å². The van der Waals surface area contributed by atoms with Gasteiger partial charge in [-0.1, -0.05) is 55.1 Å². The van der Waals surface area contributed by atoms with Gasteiger partial charge in [0.25, 0.3) is 0 Å². The summed E-state index contributed by atoms with van der Waals surface area (Å²) in [5.41, 5.74) is 0.459. The van der Waals surface area contributed by atoms with Crippen molar-refractivity contribution in [3.8, 4) is 5.75 Å². The molecule has 0 radical (unpaired) electrons. The summed E-state index contributed by atoms with van der Waals surface area (Å²) in [6.07, 6.45) is 1.18. The molecule has 2 nitrogen and oxygen atoms in total. The minimum atomic E-state index is -1.15. The van der Waals surface area contributed by atoms with Gasteiger partial charge >= 0.3 is 0 Å². The predicted octanol–water partition coefficient (Wildman–Crippen LogP) is 2.87. The molecule has 2 aromatic rings. The molecule has 1 N–H and O–H groups in total. The summed E-state index contributed by atoms with van der Waals surface area (Å²) in [6, 6.07) is 17.1. The van der Waals surface area contributed by atoms with Crippen molar-refractivity contribution in [3.05, 3.63) is 78.4 Å². The summed E-state index contributed by atoms with van der Waals surface area (Å²) in [5, 5.41) is 11.1. The van der Waals surface area contributed by atoms with Crippen LogP contribution in [0.25, 0.3) is 0 Å². The van der Waals surface area contributed by atoms with Gasteiger partial charge in [-0.3, -0.25) is 0 Å². The molecular weight excluding hydrogens is 224 g/mol. The van der Waals surface area contributed by atoms with Crippen LogP contribution < -0.4 is 4.74 Å². The molecule has 1 aliphatic rings. The van der Waals surface area contributed by atoms with Crippen LogP contribution in [0.3, 0.4) is 0 Å². The molecule has 1 heterocycles. The zero-order valence-corrected chi connectivity index (χ0v) is 9.91. The van der Waals surface area contributed by atoms with Crippen molar-refractivity contribution in [2.24, 2.45) is 0 Å². The van der Waals surface area contributed by atoms with Crippen molar-refractivity contribution in [2.75, 3.05) is 0 Å². The Hall–Kier alpha value is -2.06. The second-order valence-electron chi connectivity index (χ2n) is 4.40. The maximum Gasteiger partial charge on any atom is 0.158 e. The van der Waals surface area contributed by atoms with E-state index in [2.05, 4.69) is 6.58 Å². The van der Waals surface area contributed by atoms with Crippen molar-refractivity contribution in [1.29, 1.82) is 0 Å². The number of benzene rings is 2. The van der Waals surface area contributed by atoms with Gasteiger partial charge in [0.15, 0.2) is 11.7 Å². The van der Waals surface area contributed by atoms with Gasteiger partial charge in [0, 0.05) is 5.56 Å². The molecule has 0 unspecified atom stereocenters. The molecule has 0 bridgehead atoms. The number of ether oxygens (including phenoxy) is 1. The Morgan fingerprint density at radius 2 is 1.72 bits per heavy atom. The highest BCUT2D eigenvalue weighted by Crippen LogP contribution is 2.45. The average Bonchev–Trinajstić information content (AvgIpc) is 2.74. The lowest BCUT2D eigenvalue weighted by Crippen LogP contribution is -2.37. The van der Waals surface area contributed by atoms with Gasteiger partial charge < -0.3 is 9.84 Å². The van der Waals surface area contributed by atoms with Crippen LogP contribution in [-0.4, -0.2) is 11.2 Å². The Balaban J connectivity index is 2.22. The Morgan fingerprint density at radius 1 is 1.06 bits per heavy atom. The highest BCUT2D eigenvalue weighted by atomic mass is 16.5. The summed E-state index contributed by atoms with van der Waals surface area (Å²) in [7, 11) is 0. The lowest BCUT2D eigenvalue weighted by atomic mass is 9.83. The van der Waals surface area contributed by atoms with E-state index < -0.39 is 11.7 Å². The van der Waals surface area contributed by atoms with Crippen LogP contribution in [0, 0.1) is 0 Å². The third-order valence-electron chi connectivity index (χ3n) is 3.39. The fourth-order valence-electron chi connectivity index (χ4n) is 2.49. The average molecular weight is 238 g/mol. The number of aliphatic hydroxyl groups is 1. The summed E-state index contributed by atoms with van der Waals surface area (Å²) in [6.45, 7) is 3.76. The standard InChI is InChI=1S/C16H14O2/c1-2-15-16(17,12-8-4-3-5-9-12)13-10-6-7-11-14(13)18-15/h2-11,15,17H,1H2/t15-,16+/m0/s1. The van der Waals surface area contributed by atoms with Crippen LogP contribution in [0.4, 0.5) is 0 Å². The predicted molar refractivity (Wildman–Crippen MR) is 70.5 cm³/mol. The van der Waals surface area contributed by atoms with Crippen molar-refractivity contribution in [3.63, 3.8) is 0 Å². The van der Waals surface area contributed by atoms with Gasteiger partial charge in [-0.2, -0.15) is 0 Å². The van der Waals surface area contributed by atoms with E-state index in [0.29, 0.717) is 5.75 Å². The molecule has 1 aliphatic heterocycles. The molecule has 0 fully saturated rings. The number of hydrogen-bond acceptors (Lipinski definition) is 2. The largest absolute Gasteiger partial charge is 0.482 e. The maximum absolute atomic E-state index is 11.1. The second kappa shape index (κ2) is 4.00. The monoisotopic (exact) mass is 238 g/mol. The van der Waals surface area contributed by atoms with Crippen LogP contribution in [-0.2, 0) is 5.60 Å². The SMILES string of the molecule is C=C[C@@H]1Oc2ccccc2[C@]1(O)c1ccccc1. The van der Waals surface area contributed by atoms with Gasteiger partial charge in [0.1, 0.15) is 5.75 Å². The Kier molecular flexibility index (Phi) is 2.46. The number of fused-ring (bicyclic) bond motifs is 1. The lowest BCUT2D eigenvalue weighted by Gasteiger charge is -2.27. The Morgan fingerprint density at radius 3 is 2.44 bits per heavy atom. The fraction of sp³-hybridized carbons (Fsp3) is 0.125. The summed E-state index contributed by atoms with van der Waals surface area (Å²) < 4.78 is 5.76. The molecule has 0 saturated heterocycles. The molecule has 2 heteroatoms. The van der Waals surface area contributed by atoms with Gasteiger partial charge in [-0.25, -0.2) is 0 Å². The van der Waals surface area contributed by atoms with E-state index in [9.17, 15) is 5.11 Å². The molecular formula is C16H14O2. The van der Waals surface area contributed by atoms with Crippen molar-refractivity contribution >= 4 is 0 Å². The summed E-state index contributed by atoms with van der Waals surface area (Å²) >= 11 is 0. The number of para-hydroxylation sites is 1. The number of rotatable bonds is 2. The zero-order valence-electron chi connectivity index (χ0n) is 9.91. The van der Waals surface area contributed by atoms with Crippen molar-refractivity contribution < 1.29 is 9.84 Å². The topological polar surface area (TPSA) is 29.5 Å². The highest BCUT2D eigenvalue weighted by molar-refractivity contribution is 5.50. The van der Waals surface area contributed by atoms with Gasteiger partial charge in [-0.15, -0.1) is 0 Å². The highest BCUT2D eigenvalue weighted by Gasteiger charge is 2.47. The van der Waals surface area contributed by atoms with E-state index in [4.69, 9.17) is 4.74 Å².